The number of benzene rings is 1. The van der Waals surface area contributed by atoms with E-state index in [0.29, 0.717) is 0 Å². The number of aromatic nitrogens is 1. The maximum atomic E-state index is 11.0. The van der Waals surface area contributed by atoms with E-state index >= 15 is 0 Å². The zero-order chi connectivity index (χ0) is 13.7. The topological polar surface area (TPSA) is 48.4 Å². The number of hydrogen-bond donors (Lipinski definition) is 0. The Balaban J connectivity index is 2.15. The van der Waals surface area contributed by atoms with Crippen molar-refractivity contribution >= 4 is 23.4 Å². The van der Waals surface area contributed by atoms with Crippen molar-refractivity contribution in [1.29, 1.82) is 0 Å². The van der Waals surface area contributed by atoms with Crippen LogP contribution in [0.1, 0.15) is 5.69 Å². The van der Waals surface area contributed by atoms with Crippen molar-refractivity contribution in [3.8, 4) is 16.3 Å². The molecule has 0 spiro atoms. The Bertz CT molecular complexity index is 587. The summed E-state index contributed by atoms with van der Waals surface area (Å²) in [5.74, 6) is 0.421. The largest absolute Gasteiger partial charge is 0.497 e. The van der Waals surface area contributed by atoms with Crippen LogP contribution in [-0.2, 0) is 9.53 Å². The van der Waals surface area contributed by atoms with E-state index in [1.54, 1.807) is 13.2 Å². The van der Waals surface area contributed by atoms with E-state index in [1.807, 2.05) is 29.6 Å². The number of nitrogens with zero attached hydrogens (tertiary/aromatic N) is 1. The minimum Gasteiger partial charge on any atom is -0.497 e. The second-order valence-corrected chi connectivity index (χ2v) is 4.52. The summed E-state index contributed by atoms with van der Waals surface area (Å²) in [6.45, 7) is 0. The van der Waals surface area contributed by atoms with Crippen LogP contribution in [0, 0.1) is 0 Å². The lowest BCUT2D eigenvalue weighted by Gasteiger charge is -1.99. The van der Waals surface area contributed by atoms with E-state index in [2.05, 4.69) is 9.72 Å². The molecule has 0 aliphatic rings. The highest BCUT2D eigenvalue weighted by molar-refractivity contribution is 7.13. The first-order valence-corrected chi connectivity index (χ1v) is 6.47. The smallest absolute Gasteiger partial charge is 0.330 e. The van der Waals surface area contributed by atoms with Gasteiger partial charge in [0.05, 0.1) is 19.9 Å². The molecule has 0 saturated heterocycles. The quantitative estimate of drug-likeness (QED) is 0.635. The molecule has 2 rings (SSSR count). The molecule has 19 heavy (non-hydrogen) atoms. The van der Waals surface area contributed by atoms with Crippen LogP contribution in [0.25, 0.3) is 16.6 Å². The predicted octanol–water partition coefficient (Wildman–Crippen LogP) is 3.00. The summed E-state index contributed by atoms with van der Waals surface area (Å²) in [4.78, 5) is 15.4. The summed E-state index contributed by atoms with van der Waals surface area (Å²) >= 11 is 1.52. The lowest BCUT2D eigenvalue weighted by Crippen LogP contribution is -1.93. The Morgan fingerprint density at radius 1 is 1.26 bits per heavy atom. The van der Waals surface area contributed by atoms with Gasteiger partial charge in [-0.15, -0.1) is 11.3 Å². The second kappa shape index (κ2) is 6.15. The molecule has 1 aromatic carbocycles. The zero-order valence-electron chi connectivity index (χ0n) is 10.6. The standard InChI is InChI=1S/C14H13NO3S/c1-17-12-6-3-10(4-7-12)14-15-11(9-19-14)5-8-13(16)18-2/h3-9H,1-2H3/b8-5+. The Labute approximate surface area is 115 Å². The molecule has 0 atom stereocenters. The third kappa shape index (κ3) is 3.42. The van der Waals surface area contributed by atoms with Gasteiger partial charge in [0.1, 0.15) is 10.8 Å². The van der Waals surface area contributed by atoms with E-state index in [4.69, 9.17) is 4.74 Å². The minimum atomic E-state index is -0.390. The van der Waals surface area contributed by atoms with E-state index in [9.17, 15) is 4.79 Å². The number of thiazole rings is 1. The molecule has 1 heterocycles. The number of carbonyl (C=O) groups is 1. The Morgan fingerprint density at radius 3 is 2.63 bits per heavy atom. The van der Waals surface area contributed by atoms with Crippen LogP contribution in [0.4, 0.5) is 0 Å². The van der Waals surface area contributed by atoms with Crippen molar-refractivity contribution in [2.45, 2.75) is 0 Å². The molecular formula is C14H13NO3S. The fourth-order valence-corrected chi connectivity index (χ4v) is 2.24. The van der Waals surface area contributed by atoms with Gasteiger partial charge in [-0.2, -0.15) is 0 Å². The molecule has 0 aliphatic heterocycles. The molecule has 0 aliphatic carbocycles. The van der Waals surface area contributed by atoms with Crippen LogP contribution in [0.2, 0.25) is 0 Å². The predicted molar refractivity (Wildman–Crippen MR) is 75.2 cm³/mol. The van der Waals surface area contributed by atoms with Gasteiger partial charge in [0.25, 0.3) is 0 Å². The molecule has 0 unspecified atom stereocenters. The van der Waals surface area contributed by atoms with Gasteiger partial charge in [-0.1, -0.05) is 0 Å². The van der Waals surface area contributed by atoms with Gasteiger partial charge in [0, 0.05) is 17.0 Å². The van der Waals surface area contributed by atoms with Gasteiger partial charge in [-0.3, -0.25) is 0 Å². The van der Waals surface area contributed by atoms with Crippen molar-refractivity contribution in [2.24, 2.45) is 0 Å². The van der Waals surface area contributed by atoms with Crippen LogP contribution in [-0.4, -0.2) is 25.2 Å². The molecule has 4 nitrogen and oxygen atoms in total. The van der Waals surface area contributed by atoms with Crippen LogP contribution in [0.5, 0.6) is 5.75 Å². The van der Waals surface area contributed by atoms with Gasteiger partial charge in [0.2, 0.25) is 0 Å². The molecule has 0 radical (unpaired) electrons. The summed E-state index contributed by atoms with van der Waals surface area (Å²) in [5.41, 5.74) is 1.75. The summed E-state index contributed by atoms with van der Waals surface area (Å²) in [5, 5.41) is 2.78. The SMILES string of the molecule is COC(=O)/C=C/c1csc(-c2ccc(OC)cc2)n1. The monoisotopic (exact) mass is 275 g/mol. The lowest BCUT2D eigenvalue weighted by atomic mass is 10.2. The summed E-state index contributed by atoms with van der Waals surface area (Å²) in [7, 11) is 2.98. The highest BCUT2D eigenvalue weighted by atomic mass is 32.1. The number of methoxy groups -OCH3 is 2. The zero-order valence-corrected chi connectivity index (χ0v) is 11.4. The first-order valence-electron chi connectivity index (χ1n) is 5.59. The number of carbonyl (C=O) groups excluding carboxylic acids is 1. The van der Waals surface area contributed by atoms with Crippen molar-refractivity contribution in [2.75, 3.05) is 14.2 Å². The Kier molecular flexibility index (Phi) is 4.30. The second-order valence-electron chi connectivity index (χ2n) is 3.66. The molecular weight excluding hydrogens is 262 g/mol. The molecule has 0 fully saturated rings. The van der Waals surface area contributed by atoms with Crippen LogP contribution in [0.15, 0.2) is 35.7 Å². The molecule has 98 valence electrons. The van der Waals surface area contributed by atoms with Crippen LogP contribution < -0.4 is 4.74 Å². The van der Waals surface area contributed by atoms with Crippen molar-refractivity contribution < 1.29 is 14.3 Å². The summed E-state index contributed by atoms with van der Waals surface area (Å²) < 4.78 is 9.63. The van der Waals surface area contributed by atoms with E-state index < -0.39 is 0 Å². The van der Waals surface area contributed by atoms with E-state index in [-0.39, 0.29) is 5.97 Å². The molecule has 2 aromatic rings. The fraction of sp³-hybridized carbons (Fsp3) is 0.143. The van der Waals surface area contributed by atoms with E-state index in [1.165, 1.54) is 24.5 Å². The Morgan fingerprint density at radius 2 is 2.00 bits per heavy atom. The summed E-state index contributed by atoms with van der Waals surface area (Å²) in [6.07, 6.45) is 2.99. The number of esters is 1. The van der Waals surface area contributed by atoms with Gasteiger partial charge in [0.15, 0.2) is 0 Å². The number of ether oxygens (including phenoxy) is 2. The Hall–Kier alpha value is -2.14. The van der Waals surface area contributed by atoms with Gasteiger partial charge in [-0.25, -0.2) is 9.78 Å². The van der Waals surface area contributed by atoms with Crippen molar-refractivity contribution in [3.05, 3.63) is 41.4 Å². The molecule has 5 heteroatoms. The summed E-state index contributed by atoms with van der Waals surface area (Å²) in [6, 6.07) is 7.68. The molecule has 0 amide bonds. The maximum absolute atomic E-state index is 11.0. The molecule has 0 N–H and O–H groups in total. The van der Waals surface area contributed by atoms with Gasteiger partial charge < -0.3 is 9.47 Å². The van der Waals surface area contributed by atoms with Crippen molar-refractivity contribution in [3.63, 3.8) is 0 Å². The fourth-order valence-electron chi connectivity index (χ4n) is 1.45. The highest BCUT2D eigenvalue weighted by Gasteiger charge is 2.03. The van der Waals surface area contributed by atoms with Crippen LogP contribution in [0.3, 0.4) is 0 Å². The lowest BCUT2D eigenvalue weighted by molar-refractivity contribution is -0.134. The van der Waals surface area contributed by atoms with Crippen LogP contribution >= 0.6 is 11.3 Å². The van der Waals surface area contributed by atoms with Gasteiger partial charge >= 0.3 is 5.97 Å². The first-order chi connectivity index (χ1) is 9.22. The number of hydrogen-bond acceptors (Lipinski definition) is 5. The third-order valence-electron chi connectivity index (χ3n) is 2.45. The number of rotatable bonds is 4. The minimum absolute atomic E-state index is 0.390. The average molecular weight is 275 g/mol. The molecule has 1 aromatic heterocycles. The normalized spacial score (nSPS) is 10.6. The van der Waals surface area contributed by atoms with Crippen molar-refractivity contribution in [1.82, 2.24) is 4.98 Å². The third-order valence-corrected chi connectivity index (χ3v) is 3.36. The first kappa shape index (κ1) is 13.3. The maximum Gasteiger partial charge on any atom is 0.330 e. The van der Waals surface area contributed by atoms with Gasteiger partial charge in [-0.05, 0) is 30.3 Å². The average Bonchev–Trinajstić information content (AvgIpc) is 2.93. The van der Waals surface area contributed by atoms with E-state index in [0.717, 1.165) is 22.0 Å². The highest BCUT2D eigenvalue weighted by Crippen LogP contribution is 2.26. The molecule has 0 saturated carbocycles. The molecule has 0 bridgehead atoms.